The van der Waals surface area contributed by atoms with Crippen molar-refractivity contribution in [3.63, 3.8) is 0 Å². The fraction of sp³-hybridized carbons (Fsp3) is 0.154. The molecule has 0 saturated carbocycles. The number of aryl methyl sites for hydroxylation is 1. The zero-order chi connectivity index (χ0) is 25.2. The molecular weight excluding hydrogens is 462 g/mol. The Morgan fingerprint density at radius 2 is 1.58 bits per heavy atom. The number of fused-ring (bicyclic) bond motifs is 3. The fourth-order valence-corrected chi connectivity index (χ4v) is 3.90. The molecule has 5 aromatic rings. The monoisotopic (exact) mass is 485 g/mol. The number of nitrogens with zero attached hydrogens (tertiary/aromatic N) is 4. The highest BCUT2D eigenvalue weighted by atomic mass is 16.5. The molecule has 0 atom stereocenters. The number of anilines is 1. The molecular formula is C26H23N5O5. The number of amides is 1. The van der Waals surface area contributed by atoms with Crippen LogP contribution in [0.15, 0.2) is 60.7 Å². The van der Waals surface area contributed by atoms with Crippen molar-refractivity contribution in [3.05, 3.63) is 72.1 Å². The first kappa shape index (κ1) is 22.9. The van der Waals surface area contributed by atoms with E-state index < -0.39 is 0 Å². The lowest BCUT2D eigenvalue weighted by molar-refractivity contribution is 0.102. The molecule has 1 amide bonds. The Labute approximate surface area is 206 Å². The van der Waals surface area contributed by atoms with Gasteiger partial charge < -0.3 is 24.3 Å². The summed E-state index contributed by atoms with van der Waals surface area (Å²) in [6.45, 7) is 1.88. The Hall–Kier alpha value is -4.86. The molecule has 10 heteroatoms. The van der Waals surface area contributed by atoms with Gasteiger partial charge in [-0.1, -0.05) is 12.1 Å². The van der Waals surface area contributed by atoms with Gasteiger partial charge in [-0.05, 0) is 55.5 Å². The summed E-state index contributed by atoms with van der Waals surface area (Å²) in [5.74, 6) is 2.47. The van der Waals surface area contributed by atoms with Gasteiger partial charge in [-0.25, -0.2) is 4.98 Å². The maximum Gasteiger partial charge on any atom is 0.266 e. The van der Waals surface area contributed by atoms with Crippen molar-refractivity contribution in [1.82, 2.24) is 19.6 Å². The van der Waals surface area contributed by atoms with Crippen LogP contribution in [0.3, 0.4) is 0 Å². The van der Waals surface area contributed by atoms with Crippen LogP contribution in [0.5, 0.6) is 28.9 Å². The average molecular weight is 486 g/mol. The summed E-state index contributed by atoms with van der Waals surface area (Å²) in [5, 5.41) is 11.3. The molecule has 0 unspecified atom stereocenters. The molecule has 0 bridgehead atoms. The molecule has 0 fully saturated rings. The number of hydrogen-bond acceptors (Lipinski definition) is 8. The average Bonchev–Trinajstić information content (AvgIpc) is 3.31. The summed E-state index contributed by atoms with van der Waals surface area (Å²) in [6, 6.07) is 17.8. The van der Waals surface area contributed by atoms with Crippen molar-refractivity contribution >= 4 is 28.3 Å². The molecule has 0 aliphatic heterocycles. The van der Waals surface area contributed by atoms with Gasteiger partial charge in [0, 0.05) is 11.3 Å². The number of aromatic nitrogens is 4. The van der Waals surface area contributed by atoms with Crippen molar-refractivity contribution in [2.24, 2.45) is 0 Å². The van der Waals surface area contributed by atoms with Crippen LogP contribution >= 0.6 is 0 Å². The van der Waals surface area contributed by atoms with Crippen LogP contribution in [0.25, 0.3) is 16.7 Å². The lowest BCUT2D eigenvalue weighted by Crippen LogP contribution is -2.12. The topological polar surface area (TPSA) is 109 Å². The number of para-hydroxylation sites is 2. The van der Waals surface area contributed by atoms with Gasteiger partial charge in [-0.3, -0.25) is 9.20 Å². The van der Waals surface area contributed by atoms with E-state index in [1.165, 1.54) is 21.3 Å². The number of hydrogen-bond donors (Lipinski definition) is 1. The first-order chi connectivity index (χ1) is 17.5. The van der Waals surface area contributed by atoms with E-state index >= 15 is 0 Å². The Kier molecular flexibility index (Phi) is 5.99. The van der Waals surface area contributed by atoms with Gasteiger partial charge in [0.2, 0.25) is 11.4 Å². The van der Waals surface area contributed by atoms with Crippen LogP contribution in [-0.2, 0) is 0 Å². The van der Waals surface area contributed by atoms with Gasteiger partial charge in [-0.2, -0.15) is 0 Å². The third kappa shape index (κ3) is 4.09. The standard InChI is InChI=1S/C26H23N5O5/c1-15-29-30-24-26(28-19-7-5-6-8-20(19)31(15)24)36-18-11-9-17(10-12-18)27-25(32)16-13-21(33-2)23(35-4)22(14-16)34-3/h5-14H,1-4H3,(H,27,32). The van der Waals surface area contributed by atoms with E-state index in [2.05, 4.69) is 20.5 Å². The van der Waals surface area contributed by atoms with Crippen LogP contribution < -0.4 is 24.3 Å². The van der Waals surface area contributed by atoms with E-state index in [0.717, 1.165) is 16.9 Å². The van der Waals surface area contributed by atoms with Crippen LogP contribution in [0, 0.1) is 6.92 Å². The minimum absolute atomic E-state index is 0.334. The number of carbonyl (C=O) groups is 1. The molecule has 2 aromatic heterocycles. The number of ether oxygens (including phenoxy) is 4. The van der Waals surface area contributed by atoms with Crippen molar-refractivity contribution in [3.8, 4) is 28.9 Å². The van der Waals surface area contributed by atoms with Crippen LogP contribution in [0.2, 0.25) is 0 Å². The number of methoxy groups -OCH3 is 3. The molecule has 10 nitrogen and oxygen atoms in total. The quantitative estimate of drug-likeness (QED) is 0.355. The Bertz CT molecular complexity index is 1550. The summed E-state index contributed by atoms with van der Waals surface area (Å²) in [4.78, 5) is 17.5. The molecule has 1 N–H and O–H groups in total. The zero-order valence-electron chi connectivity index (χ0n) is 20.1. The minimum Gasteiger partial charge on any atom is -0.493 e. The van der Waals surface area contributed by atoms with Crippen molar-refractivity contribution < 1.29 is 23.7 Å². The summed E-state index contributed by atoms with van der Waals surface area (Å²) in [6.07, 6.45) is 0. The Morgan fingerprint density at radius 1 is 0.889 bits per heavy atom. The van der Waals surface area contributed by atoms with E-state index in [1.54, 1.807) is 36.4 Å². The second kappa shape index (κ2) is 9.41. The second-order valence-corrected chi connectivity index (χ2v) is 7.81. The summed E-state index contributed by atoms with van der Waals surface area (Å²) in [5.41, 5.74) is 3.11. The summed E-state index contributed by atoms with van der Waals surface area (Å²) >= 11 is 0. The zero-order valence-corrected chi connectivity index (χ0v) is 20.1. The summed E-state index contributed by atoms with van der Waals surface area (Å²) < 4.78 is 23.9. The number of carbonyl (C=O) groups excluding carboxylic acids is 1. The SMILES string of the molecule is COc1cc(C(=O)Nc2ccc(Oc3nc4ccccc4n4c(C)nnc34)cc2)cc(OC)c1OC. The van der Waals surface area contributed by atoms with E-state index in [-0.39, 0.29) is 5.91 Å². The molecule has 2 heterocycles. The highest BCUT2D eigenvalue weighted by molar-refractivity contribution is 6.05. The highest BCUT2D eigenvalue weighted by Gasteiger charge is 2.18. The highest BCUT2D eigenvalue weighted by Crippen LogP contribution is 2.38. The van der Waals surface area contributed by atoms with E-state index in [9.17, 15) is 4.79 Å². The van der Waals surface area contributed by atoms with Crippen LogP contribution in [-0.4, -0.2) is 46.8 Å². The van der Waals surface area contributed by atoms with Crippen LogP contribution in [0.4, 0.5) is 5.69 Å². The maximum absolute atomic E-state index is 12.9. The molecule has 0 saturated heterocycles. The van der Waals surface area contributed by atoms with Crippen molar-refractivity contribution in [1.29, 1.82) is 0 Å². The van der Waals surface area contributed by atoms with E-state index in [0.29, 0.717) is 45.8 Å². The largest absolute Gasteiger partial charge is 0.493 e. The normalized spacial score (nSPS) is 10.9. The fourth-order valence-electron chi connectivity index (χ4n) is 3.90. The van der Waals surface area contributed by atoms with Gasteiger partial charge >= 0.3 is 0 Å². The lowest BCUT2D eigenvalue weighted by Gasteiger charge is -2.14. The van der Waals surface area contributed by atoms with Gasteiger partial charge in [0.05, 0.1) is 32.4 Å². The first-order valence-corrected chi connectivity index (χ1v) is 11.0. The van der Waals surface area contributed by atoms with Crippen molar-refractivity contribution in [2.45, 2.75) is 6.92 Å². The Balaban J connectivity index is 1.38. The minimum atomic E-state index is -0.334. The third-order valence-corrected chi connectivity index (χ3v) is 5.61. The van der Waals surface area contributed by atoms with Crippen LogP contribution in [0.1, 0.15) is 16.2 Å². The molecule has 36 heavy (non-hydrogen) atoms. The van der Waals surface area contributed by atoms with Gasteiger partial charge in [0.1, 0.15) is 11.6 Å². The van der Waals surface area contributed by atoms with E-state index in [1.807, 2.05) is 35.6 Å². The van der Waals surface area contributed by atoms with Gasteiger partial charge in [-0.15, -0.1) is 10.2 Å². The molecule has 0 spiro atoms. The molecule has 0 aliphatic carbocycles. The molecule has 0 radical (unpaired) electrons. The van der Waals surface area contributed by atoms with Crippen molar-refractivity contribution in [2.75, 3.05) is 26.6 Å². The predicted molar refractivity (Wildman–Crippen MR) is 134 cm³/mol. The van der Waals surface area contributed by atoms with E-state index in [4.69, 9.17) is 18.9 Å². The number of benzene rings is 3. The summed E-state index contributed by atoms with van der Waals surface area (Å²) in [7, 11) is 4.50. The second-order valence-electron chi connectivity index (χ2n) is 7.81. The molecule has 5 rings (SSSR count). The third-order valence-electron chi connectivity index (χ3n) is 5.61. The number of nitrogens with one attached hydrogen (secondary N) is 1. The first-order valence-electron chi connectivity index (χ1n) is 11.0. The molecule has 182 valence electrons. The lowest BCUT2D eigenvalue weighted by atomic mass is 10.1. The predicted octanol–water partition coefficient (Wildman–Crippen LogP) is 4.66. The van der Waals surface area contributed by atoms with Gasteiger partial charge in [0.15, 0.2) is 11.5 Å². The van der Waals surface area contributed by atoms with Gasteiger partial charge in [0.25, 0.3) is 11.8 Å². The number of rotatable bonds is 7. The molecule has 3 aromatic carbocycles. The Morgan fingerprint density at radius 3 is 2.25 bits per heavy atom. The molecule has 0 aliphatic rings. The maximum atomic E-state index is 12.9. The smallest absolute Gasteiger partial charge is 0.266 e.